The summed E-state index contributed by atoms with van der Waals surface area (Å²) in [5.74, 6) is 0. The third-order valence-electron chi connectivity index (χ3n) is 3.08. The van der Waals surface area contributed by atoms with Crippen LogP contribution in [0.1, 0.15) is 24.7 Å². The molecule has 0 bridgehead atoms. The summed E-state index contributed by atoms with van der Waals surface area (Å²) in [6, 6.07) is 2.20. The first kappa shape index (κ1) is 12.2. The van der Waals surface area contributed by atoms with Crippen LogP contribution in [0.15, 0.2) is 11.4 Å². The Morgan fingerprint density at radius 3 is 2.76 bits per heavy atom. The van der Waals surface area contributed by atoms with Crippen molar-refractivity contribution in [2.75, 3.05) is 11.9 Å². The third-order valence-corrected chi connectivity index (χ3v) is 3.88. The summed E-state index contributed by atoms with van der Waals surface area (Å²) < 4.78 is 2.20. The maximum Gasteiger partial charge on any atom is 0.183 e. The van der Waals surface area contributed by atoms with Crippen molar-refractivity contribution >= 4 is 16.5 Å². The number of rotatable bonds is 4. The van der Waals surface area contributed by atoms with E-state index in [4.69, 9.17) is 0 Å². The number of anilines is 1. The monoisotopic (exact) mass is 249 g/mol. The molecular formula is C13H19N3S. The van der Waals surface area contributed by atoms with Crippen LogP contribution in [0, 0.1) is 13.8 Å². The summed E-state index contributed by atoms with van der Waals surface area (Å²) >= 11 is 1.68. The van der Waals surface area contributed by atoms with E-state index in [2.05, 4.69) is 54.1 Å². The predicted octanol–water partition coefficient (Wildman–Crippen LogP) is 3.59. The van der Waals surface area contributed by atoms with E-state index >= 15 is 0 Å². The largest absolute Gasteiger partial charge is 0.362 e. The highest BCUT2D eigenvalue weighted by Crippen LogP contribution is 2.29. The van der Waals surface area contributed by atoms with Crippen LogP contribution in [-0.4, -0.2) is 16.1 Å². The number of nitrogens with zero attached hydrogens (tertiary/aromatic N) is 2. The van der Waals surface area contributed by atoms with Gasteiger partial charge in [-0.3, -0.25) is 0 Å². The van der Waals surface area contributed by atoms with E-state index < -0.39 is 0 Å². The molecule has 0 saturated carbocycles. The van der Waals surface area contributed by atoms with Crippen LogP contribution in [0.3, 0.4) is 0 Å². The highest BCUT2D eigenvalue weighted by Gasteiger charge is 2.11. The van der Waals surface area contributed by atoms with E-state index in [0.717, 1.165) is 23.8 Å². The van der Waals surface area contributed by atoms with E-state index in [0.29, 0.717) is 0 Å². The lowest BCUT2D eigenvalue weighted by Gasteiger charge is -2.00. The summed E-state index contributed by atoms with van der Waals surface area (Å²) in [6.07, 6.45) is 1.12. The second kappa shape index (κ2) is 4.92. The van der Waals surface area contributed by atoms with Gasteiger partial charge in [-0.25, -0.2) is 4.98 Å². The lowest BCUT2D eigenvalue weighted by Crippen LogP contribution is -1.98. The first-order chi connectivity index (χ1) is 8.13. The van der Waals surface area contributed by atoms with Crippen LogP contribution >= 0.6 is 11.3 Å². The van der Waals surface area contributed by atoms with Gasteiger partial charge in [-0.2, -0.15) is 0 Å². The van der Waals surface area contributed by atoms with Crippen molar-refractivity contribution in [3.63, 3.8) is 0 Å². The molecule has 2 rings (SSSR count). The van der Waals surface area contributed by atoms with Gasteiger partial charge in [0.25, 0.3) is 0 Å². The molecule has 92 valence electrons. The van der Waals surface area contributed by atoms with E-state index in [9.17, 15) is 0 Å². The Labute approximate surface area is 107 Å². The fraction of sp³-hybridized carbons (Fsp3) is 0.462. The summed E-state index contributed by atoms with van der Waals surface area (Å²) in [5.41, 5.74) is 4.86. The van der Waals surface area contributed by atoms with Crippen LogP contribution in [0.25, 0.3) is 11.3 Å². The molecule has 2 aromatic rings. The zero-order valence-electron chi connectivity index (χ0n) is 10.9. The van der Waals surface area contributed by atoms with Crippen LogP contribution in [0.2, 0.25) is 0 Å². The minimum atomic E-state index is 0.986. The molecule has 0 saturated heterocycles. The Morgan fingerprint density at radius 2 is 2.18 bits per heavy atom. The Bertz CT molecular complexity index is 511. The van der Waals surface area contributed by atoms with Gasteiger partial charge in [0.2, 0.25) is 0 Å². The predicted molar refractivity (Wildman–Crippen MR) is 74.8 cm³/mol. The molecule has 2 heterocycles. The molecule has 0 atom stereocenters. The fourth-order valence-corrected chi connectivity index (χ4v) is 2.56. The fourth-order valence-electron chi connectivity index (χ4n) is 1.83. The van der Waals surface area contributed by atoms with Crippen molar-refractivity contribution in [1.29, 1.82) is 0 Å². The SMILES string of the molecule is CCCNc1nc(-c2cc(C)n(C)c2C)cs1. The average Bonchev–Trinajstić information content (AvgIpc) is 2.87. The second-order valence-corrected chi connectivity index (χ2v) is 5.17. The zero-order valence-corrected chi connectivity index (χ0v) is 11.7. The second-order valence-electron chi connectivity index (χ2n) is 4.31. The molecule has 0 aliphatic rings. The number of nitrogens with one attached hydrogen (secondary N) is 1. The molecule has 0 unspecified atom stereocenters. The molecule has 0 radical (unpaired) electrons. The smallest absolute Gasteiger partial charge is 0.183 e. The highest BCUT2D eigenvalue weighted by molar-refractivity contribution is 7.14. The Kier molecular flexibility index (Phi) is 3.52. The molecular weight excluding hydrogens is 230 g/mol. The Morgan fingerprint density at radius 1 is 1.41 bits per heavy atom. The lowest BCUT2D eigenvalue weighted by atomic mass is 10.2. The summed E-state index contributed by atoms with van der Waals surface area (Å²) in [4.78, 5) is 4.63. The van der Waals surface area contributed by atoms with Gasteiger partial charge in [0, 0.05) is 35.9 Å². The summed E-state index contributed by atoms with van der Waals surface area (Å²) in [6.45, 7) is 7.41. The number of hydrogen-bond acceptors (Lipinski definition) is 3. The van der Waals surface area contributed by atoms with Crippen molar-refractivity contribution in [2.24, 2.45) is 7.05 Å². The van der Waals surface area contributed by atoms with Gasteiger partial charge in [-0.05, 0) is 26.3 Å². The number of aryl methyl sites for hydroxylation is 1. The van der Waals surface area contributed by atoms with Gasteiger partial charge in [-0.1, -0.05) is 6.92 Å². The van der Waals surface area contributed by atoms with Crippen LogP contribution in [0.4, 0.5) is 5.13 Å². The van der Waals surface area contributed by atoms with Crippen molar-refractivity contribution in [3.8, 4) is 11.3 Å². The molecule has 0 aromatic carbocycles. The first-order valence-corrected chi connectivity index (χ1v) is 6.84. The van der Waals surface area contributed by atoms with Gasteiger partial charge in [0.15, 0.2) is 5.13 Å². The summed E-state index contributed by atoms with van der Waals surface area (Å²) in [5, 5.41) is 6.47. The Hall–Kier alpha value is -1.29. The van der Waals surface area contributed by atoms with Gasteiger partial charge < -0.3 is 9.88 Å². The Balaban J connectivity index is 2.27. The minimum Gasteiger partial charge on any atom is -0.362 e. The third kappa shape index (κ3) is 2.36. The lowest BCUT2D eigenvalue weighted by molar-refractivity contribution is 0.845. The van der Waals surface area contributed by atoms with Crippen LogP contribution in [-0.2, 0) is 7.05 Å². The van der Waals surface area contributed by atoms with Gasteiger partial charge in [-0.15, -0.1) is 11.3 Å². The van der Waals surface area contributed by atoms with Gasteiger partial charge in [0.1, 0.15) is 0 Å². The maximum atomic E-state index is 4.63. The zero-order chi connectivity index (χ0) is 12.4. The molecule has 1 N–H and O–H groups in total. The molecule has 0 amide bonds. The van der Waals surface area contributed by atoms with E-state index in [1.165, 1.54) is 17.0 Å². The molecule has 17 heavy (non-hydrogen) atoms. The van der Waals surface area contributed by atoms with E-state index in [1.54, 1.807) is 11.3 Å². The van der Waals surface area contributed by atoms with Gasteiger partial charge in [0.05, 0.1) is 5.69 Å². The van der Waals surface area contributed by atoms with Crippen molar-refractivity contribution in [3.05, 3.63) is 22.8 Å². The van der Waals surface area contributed by atoms with E-state index in [-0.39, 0.29) is 0 Å². The molecule has 0 aliphatic heterocycles. The normalized spacial score (nSPS) is 10.8. The maximum absolute atomic E-state index is 4.63. The average molecular weight is 249 g/mol. The van der Waals surface area contributed by atoms with Gasteiger partial charge >= 0.3 is 0 Å². The topological polar surface area (TPSA) is 29.9 Å². The molecule has 0 spiro atoms. The minimum absolute atomic E-state index is 0.986. The van der Waals surface area contributed by atoms with Crippen molar-refractivity contribution in [1.82, 2.24) is 9.55 Å². The summed E-state index contributed by atoms with van der Waals surface area (Å²) in [7, 11) is 2.09. The molecule has 4 heteroatoms. The molecule has 2 aromatic heterocycles. The molecule has 0 aliphatic carbocycles. The first-order valence-electron chi connectivity index (χ1n) is 5.96. The van der Waals surface area contributed by atoms with Crippen molar-refractivity contribution < 1.29 is 0 Å². The molecule has 0 fully saturated rings. The highest BCUT2D eigenvalue weighted by atomic mass is 32.1. The van der Waals surface area contributed by atoms with Crippen molar-refractivity contribution in [2.45, 2.75) is 27.2 Å². The number of hydrogen-bond donors (Lipinski definition) is 1. The van der Waals surface area contributed by atoms with Crippen LogP contribution < -0.4 is 5.32 Å². The van der Waals surface area contributed by atoms with E-state index in [1.807, 2.05) is 0 Å². The standard InChI is InChI=1S/C13H19N3S/c1-5-6-14-13-15-12(8-17-13)11-7-9(2)16(4)10(11)3/h7-8H,5-6H2,1-4H3,(H,14,15). The number of aromatic nitrogens is 2. The number of thiazole rings is 1. The quantitative estimate of drug-likeness (QED) is 0.897. The molecule has 3 nitrogen and oxygen atoms in total. The van der Waals surface area contributed by atoms with Crippen LogP contribution in [0.5, 0.6) is 0 Å².